The van der Waals surface area contributed by atoms with Gasteiger partial charge in [-0.25, -0.2) is 15.0 Å². The summed E-state index contributed by atoms with van der Waals surface area (Å²) >= 11 is 7.64. The summed E-state index contributed by atoms with van der Waals surface area (Å²) in [6, 6.07) is 1.83. The topological polar surface area (TPSA) is 67.9 Å². The molecular weight excluding hydrogens is 366 g/mol. The number of hydrogen-bond acceptors (Lipinski definition) is 6. The van der Waals surface area contributed by atoms with Crippen molar-refractivity contribution >= 4 is 35.0 Å². The van der Waals surface area contributed by atoms with Crippen molar-refractivity contribution < 1.29 is 0 Å². The minimum Gasteiger partial charge on any atom is -0.382 e. The van der Waals surface area contributed by atoms with E-state index in [9.17, 15) is 0 Å². The van der Waals surface area contributed by atoms with Crippen LogP contribution in [0.3, 0.4) is 0 Å². The molecule has 1 aliphatic heterocycles. The number of piperidine rings is 1. The minimum atomic E-state index is 0.333. The molecule has 0 aromatic carbocycles. The van der Waals surface area contributed by atoms with E-state index in [1.807, 2.05) is 12.3 Å². The fourth-order valence-corrected chi connectivity index (χ4v) is 4.67. The van der Waals surface area contributed by atoms with Gasteiger partial charge in [-0.2, -0.15) is 0 Å². The van der Waals surface area contributed by atoms with Gasteiger partial charge in [0.25, 0.3) is 0 Å². The molecule has 0 unspecified atom stereocenters. The van der Waals surface area contributed by atoms with Crippen LogP contribution < -0.4 is 10.6 Å². The Balaban J connectivity index is 1.66. The number of rotatable bonds is 5. The summed E-state index contributed by atoms with van der Waals surface area (Å²) in [5.74, 6) is 2.00. The fraction of sp³-hybridized carbons (Fsp3) is 0.526. The maximum atomic E-state index is 6.20. The lowest BCUT2D eigenvalue weighted by molar-refractivity contribution is 0.132. The molecule has 3 heterocycles. The number of halogens is 1. The lowest BCUT2D eigenvalue weighted by Gasteiger charge is -2.44. The standard InChI is InChI=1S/C19H26ClN5S/c1-4-19(13(2)3)6-9-25(10-7-19)15-11-24-16(12-23-15)26-14-5-8-22-18(21)17(14)20/h5,8,11-13H,4,6-7,9-10H2,1-3H3,(H2,21,22). The minimum absolute atomic E-state index is 0.333. The predicted molar refractivity (Wildman–Crippen MR) is 109 cm³/mol. The van der Waals surface area contributed by atoms with Crippen LogP contribution in [0.1, 0.15) is 40.0 Å². The van der Waals surface area contributed by atoms with Crippen LogP contribution >= 0.6 is 23.4 Å². The average Bonchev–Trinajstić information content (AvgIpc) is 2.66. The van der Waals surface area contributed by atoms with E-state index < -0.39 is 0 Å². The summed E-state index contributed by atoms with van der Waals surface area (Å²) in [5, 5.41) is 1.26. The summed E-state index contributed by atoms with van der Waals surface area (Å²) in [7, 11) is 0. The van der Waals surface area contributed by atoms with Crippen molar-refractivity contribution in [2.24, 2.45) is 11.3 Å². The molecular formula is C19H26ClN5S. The first-order valence-electron chi connectivity index (χ1n) is 9.10. The highest BCUT2D eigenvalue weighted by atomic mass is 35.5. The first-order chi connectivity index (χ1) is 12.4. The number of nitrogens with two attached hydrogens (primary N) is 1. The average molecular weight is 392 g/mol. The molecule has 2 aromatic heterocycles. The van der Waals surface area contributed by atoms with E-state index in [1.165, 1.54) is 31.0 Å². The molecule has 0 bridgehead atoms. The Bertz CT molecular complexity index is 742. The molecule has 0 atom stereocenters. The third kappa shape index (κ3) is 3.91. The number of pyridine rings is 1. The van der Waals surface area contributed by atoms with Gasteiger partial charge in [-0.3, -0.25) is 0 Å². The number of aromatic nitrogens is 3. The quantitative estimate of drug-likeness (QED) is 0.780. The van der Waals surface area contributed by atoms with E-state index in [-0.39, 0.29) is 0 Å². The van der Waals surface area contributed by atoms with Crippen LogP contribution in [0, 0.1) is 11.3 Å². The van der Waals surface area contributed by atoms with Crippen LogP contribution in [0.15, 0.2) is 34.6 Å². The molecule has 0 aliphatic carbocycles. The molecule has 7 heteroatoms. The third-order valence-corrected chi connectivity index (χ3v) is 7.21. The van der Waals surface area contributed by atoms with Gasteiger partial charge in [0.2, 0.25) is 0 Å². The van der Waals surface area contributed by atoms with Gasteiger partial charge in [-0.05, 0) is 30.2 Å². The molecule has 26 heavy (non-hydrogen) atoms. The van der Waals surface area contributed by atoms with Crippen LogP contribution in [-0.2, 0) is 0 Å². The zero-order chi connectivity index (χ0) is 18.7. The van der Waals surface area contributed by atoms with Crippen LogP contribution in [0.2, 0.25) is 5.02 Å². The smallest absolute Gasteiger partial charge is 0.147 e. The fourth-order valence-electron chi connectivity index (χ4n) is 3.68. The van der Waals surface area contributed by atoms with Gasteiger partial charge in [-0.1, -0.05) is 50.6 Å². The van der Waals surface area contributed by atoms with E-state index >= 15 is 0 Å². The molecule has 1 saturated heterocycles. The van der Waals surface area contributed by atoms with Gasteiger partial charge in [0.1, 0.15) is 16.7 Å². The Labute approximate surface area is 164 Å². The molecule has 0 radical (unpaired) electrons. The van der Waals surface area contributed by atoms with Gasteiger partial charge < -0.3 is 10.6 Å². The third-order valence-electron chi connectivity index (χ3n) is 5.72. The van der Waals surface area contributed by atoms with E-state index in [0.29, 0.717) is 16.3 Å². The van der Waals surface area contributed by atoms with E-state index in [1.54, 1.807) is 12.4 Å². The van der Waals surface area contributed by atoms with Crippen molar-refractivity contribution in [3.05, 3.63) is 29.7 Å². The van der Waals surface area contributed by atoms with E-state index in [4.69, 9.17) is 17.3 Å². The number of hydrogen-bond donors (Lipinski definition) is 1. The van der Waals surface area contributed by atoms with Gasteiger partial charge in [0.05, 0.1) is 17.4 Å². The molecule has 5 nitrogen and oxygen atoms in total. The summed E-state index contributed by atoms with van der Waals surface area (Å²) in [5.41, 5.74) is 6.22. The van der Waals surface area contributed by atoms with Gasteiger partial charge in [0.15, 0.2) is 0 Å². The second kappa shape index (κ2) is 8.01. The Morgan fingerprint density at radius 3 is 2.54 bits per heavy atom. The number of nitrogen functional groups attached to an aromatic ring is 1. The van der Waals surface area contributed by atoms with Gasteiger partial charge in [0, 0.05) is 24.2 Å². The predicted octanol–water partition coefficient (Wildman–Crippen LogP) is 4.91. The first-order valence-corrected chi connectivity index (χ1v) is 10.3. The van der Waals surface area contributed by atoms with Crippen molar-refractivity contribution in [3.8, 4) is 0 Å². The second-order valence-corrected chi connectivity index (χ2v) is 8.62. The van der Waals surface area contributed by atoms with Crippen LogP contribution in [0.4, 0.5) is 11.6 Å². The Morgan fingerprint density at radius 1 is 1.23 bits per heavy atom. The highest BCUT2D eigenvalue weighted by molar-refractivity contribution is 7.99. The lowest BCUT2D eigenvalue weighted by atomic mass is 9.68. The highest BCUT2D eigenvalue weighted by Crippen LogP contribution is 2.42. The van der Waals surface area contributed by atoms with Crippen molar-refractivity contribution in [3.63, 3.8) is 0 Å². The number of anilines is 2. The van der Waals surface area contributed by atoms with Crippen molar-refractivity contribution in [2.75, 3.05) is 23.7 Å². The Morgan fingerprint density at radius 2 is 1.96 bits per heavy atom. The zero-order valence-corrected chi connectivity index (χ0v) is 17.1. The zero-order valence-electron chi connectivity index (χ0n) is 15.6. The summed E-state index contributed by atoms with van der Waals surface area (Å²) in [6.45, 7) is 9.10. The second-order valence-electron chi connectivity index (χ2n) is 7.18. The van der Waals surface area contributed by atoms with Crippen molar-refractivity contribution in [2.45, 2.75) is 50.0 Å². The lowest BCUT2D eigenvalue weighted by Crippen LogP contribution is -2.42. The molecule has 2 aromatic rings. The molecule has 2 N–H and O–H groups in total. The van der Waals surface area contributed by atoms with E-state index in [0.717, 1.165) is 34.7 Å². The molecule has 140 valence electrons. The molecule has 3 rings (SSSR count). The molecule has 0 saturated carbocycles. The van der Waals surface area contributed by atoms with Gasteiger partial charge in [-0.15, -0.1) is 0 Å². The number of nitrogens with zero attached hydrogens (tertiary/aromatic N) is 4. The first kappa shape index (κ1) is 19.2. The monoisotopic (exact) mass is 391 g/mol. The maximum Gasteiger partial charge on any atom is 0.147 e. The molecule has 1 fully saturated rings. The SMILES string of the molecule is CCC1(C(C)C)CCN(c2cnc(Sc3ccnc(N)c3Cl)cn2)CC1. The van der Waals surface area contributed by atoms with Crippen molar-refractivity contribution in [1.29, 1.82) is 0 Å². The molecule has 0 spiro atoms. The molecule has 1 aliphatic rings. The summed E-state index contributed by atoms with van der Waals surface area (Å²) < 4.78 is 0. The maximum absolute atomic E-state index is 6.20. The highest BCUT2D eigenvalue weighted by Gasteiger charge is 2.35. The Kier molecular flexibility index (Phi) is 5.92. The Hall–Kier alpha value is -1.53. The largest absolute Gasteiger partial charge is 0.382 e. The van der Waals surface area contributed by atoms with Crippen LogP contribution in [0.5, 0.6) is 0 Å². The van der Waals surface area contributed by atoms with Crippen LogP contribution in [0.25, 0.3) is 0 Å². The van der Waals surface area contributed by atoms with E-state index in [2.05, 4.69) is 40.6 Å². The normalized spacial score (nSPS) is 16.9. The van der Waals surface area contributed by atoms with Gasteiger partial charge >= 0.3 is 0 Å². The van der Waals surface area contributed by atoms with Crippen molar-refractivity contribution in [1.82, 2.24) is 15.0 Å². The summed E-state index contributed by atoms with van der Waals surface area (Å²) in [4.78, 5) is 16.3. The molecule has 0 amide bonds. The summed E-state index contributed by atoms with van der Waals surface area (Å²) in [6.07, 6.45) is 8.98. The van der Waals surface area contributed by atoms with Crippen LogP contribution in [-0.4, -0.2) is 28.0 Å².